The van der Waals surface area contributed by atoms with Crippen molar-refractivity contribution < 1.29 is 14.6 Å². The fraction of sp³-hybridized carbons (Fsp3) is 0.316. The lowest BCUT2D eigenvalue weighted by molar-refractivity contribution is 0.0539. The fourth-order valence-electron chi connectivity index (χ4n) is 2.85. The van der Waals surface area contributed by atoms with Crippen LogP contribution in [-0.2, 0) is 17.7 Å². The molecule has 3 aromatic rings. The molecular formula is C19H22N2O3. The van der Waals surface area contributed by atoms with Gasteiger partial charge in [0.25, 0.3) is 0 Å². The van der Waals surface area contributed by atoms with Gasteiger partial charge in [-0.3, -0.25) is 0 Å². The highest BCUT2D eigenvalue weighted by Gasteiger charge is 2.14. The lowest BCUT2D eigenvalue weighted by Gasteiger charge is -2.14. The molecule has 0 aliphatic rings. The second kappa shape index (κ2) is 7.47. The summed E-state index contributed by atoms with van der Waals surface area (Å²) in [5.74, 6) is 1.76. The highest BCUT2D eigenvalue weighted by molar-refractivity contribution is 5.76. The average Bonchev–Trinajstić information content (AvgIpc) is 2.93. The van der Waals surface area contributed by atoms with Crippen LogP contribution < -0.4 is 4.74 Å². The Morgan fingerprint density at radius 2 is 1.83 bits per heavy atom. The molecule has 24 heavy (non-hydrogen) atoms. The predicted octanol–water partition coefficient (Wildman–Crippen LogP) is 2.64. The summed E-state index contributed by atoms with van der Waals surface area (Å²) in [4.78, 5) is 4.74. The summed E-state index contributed by atoms with van der Waals surface area (Å²) >= 11 is 0. The minimum Gasteiger partial charge on any atom is -0.497 e. The summed E-state index contributed by atoms with van der Waals surface area (Å²) in [5.41, 5.74) is 3.11. The number of benzene rings is 2. The molecule has 5 nitrogen and oxygen atoms in total. The van der Waals surface area contributed by atoms with E-state index in [0.29, 0.717) is 19.6 Å². The van der Waals surface area contributed by atoms with E-state index in [1.165, 1.54) is 0 Å². The molecule has 0 aliphatic carbocycles. The molecule has 0 bridgehead atoms. The van der Waals surface area contributed by atoms with Crippen molar-refractivity contribution in [1.29, 1.82) is 0 Å². The number of hydrogen-bond donors (Lipinski definition) is 1. The number of aliphatic hydroxyl groups is 1. The van der Waals surface area contributed by atoms with Gasteiger partial charge in [0.05, 0.1) is 37.4 Å². The van der Waals surface area contributed by atoms with Gasteiger partial charge >= 0.3 is 0 Å². The standard InChI is InChI=1S/C19H22N2O3/c1-23-13-15(22)12-21-18-6-4-3-5-17(18)20-19(21)11-14-7-9-16(24-2)10-8-14/h3-10,15,22H,11-13H2,1-2H3. The van der Waals surface area contributed by atoms with Gasteiger partial charge in [0.2, 0.25) is 0 Å². The van der Waals surface area contributed by atoms with Crippen molar-refractivity contribution >= 4 is 11.0 Å². The van der Waals surface area contributed by atoms with Crippen LogP contribution in [0.2, 0.25) is 0 Å². The van der Waals surface area contributed by atoms with Gasteiger partial charge in [0.1, 0.15) is 11.6 Å². The van der Waals surface area contributed by atoms with Crippen LogP contribution in [0.25, 0.3) is 11.0 Å². The van der Waals surface area contributed by atoms with Crippen LogP contribution in [0.4, 0.5) is 0 Å². The van der Waals surface area contributed by atoms with Crippen molar-refractivity contribution in [3.8, 4) is 5.75 Å². The number of nitrogens with zero attached hydrogens (tertiary/aromatic N) is 2. The second-order valence-electron chi connectivity index (χ2n) is 5.76. The van der Waals surface area contributed by atoms with Crippen molar-refractivity contribution in [3.63, 3.8) is 0 Å². The zero-order chi connectivity index (χ0) is 16.9. The first-order chi connectivity index (χ1) is 11.7. The average molecular weight is 326 g/mol. The number of methoxy groups -OCH3 is 2. The van der Waals surface area contributed by atoms with E-state index in [2.05, 4.69) is 4.57 Å². The first-order valence-corrected chi connectivity index (χ1v) is 7.95. The van der Waals surface area contributed by atoms with E-state index in [9.17, 15) is 5.11 Å². The van der Waals surface area contributed by atoms with Gasteiger partial charge in [-0.1, -0.05) is 24.3 Å². The Balaban J connectivity index is 1.93. The quantitative estimate of drug-likeness (QED) is 0.725. The number of hydrogen-bond acceptors (Lipinski definition) is 4. The Morgan fingerprint density at radius 3 is 2.54 bits per heavy atom. The number of fused-ring (bicyclic) bond motifs is 1. The lowest BCUT2D eigenvalue weighted by Crippen LogP contribution is -2.22. The number of imidazole rings is 1. The van der Waals surface area contributed by atoms with Crippen molar-refractivity contribution in [3.05, 3.63) is 59.9 Å². The van der Waals surface area contributed by atoms with Gasteiger partial charge < -0.3 is 19.1 Å². The smallest absolute Gasteiger partial charge is 0.118 e. The second-order valence-corrected chi connectivity index (χ2v) is 5.76. The Kier molecular flexibility index (Phi) is 5.13. The molecule has 0 amide bonds. The highest BCUT2D eigenvalue weighted by atomic mass is 16.5. The number of ether oxygens (including phenoxy) is 2. The molecule has 0 aliphatic heterocycles. The van der Waals surface area contributed by atoms with E-state index in [4.69, 9.17) is 14.5 Å². The Morgan fingerprint density at radius 1 is 1.08 bits per heavy atom. The molecule has 1 atom stereocenters. The van der Waals surface area contributed by atoms with Crippen LogP contribution in [0.5, 0.6) is 5.75 Å². The highest BCUT2D eigenvalue weighted by Crippen LogP contribution is 2.20. The topological polar surface area (TPSA) is 56.5 Å². The summed E-state index contributed by atoms with van der Waals surface area (Å²) < 4.78 is 12.3. The van der Waals surface area contributed by atoms with Crippen molar-refractivity contribution in [1.82, 2.24) is 9.55 Å². The molecule has 1 heterocycles. The monoisotopic (exact) mass is 326 g/mol. The predicted molar refractivity (Wildman–Crippen MR) is 93.4 cm³/mol. The minimum absolute atomic E-state index is 0.300. The van der Waals surface area contributed by atoms with Gasteiger partial charge in [0, 0.05) is 13.5 Å². The van der Waals surface area contributed by atoms with E-state index < -0.39 is 6.10 Å². The molecule has 0 fully saturated rings. The zero-order valence-corrected chi connectivity index (χ0v) is 14.0. The number of rotatable bonds is 7. The molecule has 1 N–H and O–H groups in total. The largest absolute Gasteiger partial charge is 0.497 e. The summed E-state index contributed by atoms with van der Waals surface area (Å²) in [7, 11) is 3.25. The Labute approximate surface area is 141 Å². The van der Waals surface area contributed by atoms with Gasteiger partial charge in [0.15, 0.2) is 0 Å². The molecule has 2 aromatic carbocycles. The number of para-hydroxylation sites is 2. The number of aliphatic hydroxyl groups excluding tert-OH is 1. The maximum atomic E-state index is 10.1. The van der Waals surface area contributed by atoms with Crippen LogP contribution in [0.3, 0.4) is 0 Å². The lowest BCUT2D eigenvalue weighted by atomic mass is 10.1. The van der Waals surface area contributed by atoms with Crippen molar-refractivity contribution in [2.45, 2.75) is 19.1 Å². The third kappa shape index (κ3) is 3.58. The molecular weight excluding hydrogens is 304 g/mol. The molecule has 3 rings (SSSR count). The minimum atomic E-state index is -0.567. The van der Waals surface area contributed by atoms with E-state index in [1.54, 1.807) is 14.2 Å². The van der Waals surface area contributed by atoms with Gasteiger partial charge in [-0.2, -0.15) is 0 Å². The zero-order valence-electron chi connectivity index (χ0n) is 14.0. The van der Waals surface area contributed by atoms with Gasteiger partial charge in [-0.05, 0) is 29.8 Å². The maximum absolute atomic E-state index is 10.1. The molecule has 1 aromatic heterocycles. The third-order valence-electron chi connectivity index (χ3n) is 4.01. The molecule has 0 saturated heterocycles. The van der Waals surface area contributed by atoms with E-state index >= 15 is 0 Å². The fourth-order valence-corrected chi connectivity index (χ4v) is 2.85. The maximum Gasteiger partial charge on any atom is 0.118 e. The van der Waals surface area contributed by atoms with Crippen LogP contribution in [0.1, 0.15) is 11.4 Å². The first-order valence-electron chi connectivity index (χ1n) is 7.95. The summed E-state index contributed by atoms with van der Waals surface area (Å²) in [5, 5.41) is 10.1. The van der Waals surface area contributed by atoms with Crippen LogP contribution in [-0.4, -0.2) is 41.6 Å². The van der Waals surface area contributed by atoms with E-state index in [0.717, 1.165) is 28.2 Å². The van der Waals surface area contributed by atoms with Crippen LogP contribution >= 0.6 is 0 Å². The molecule has 1 unspecified atom stereocenters. The summed E-state index contributed by atoms with van der Waals surface area (Å²) in [6.07, 6.45) is 0.125. The Hall–Kier alpha value is -2.37. The Bertz CT molecular complexity index is 796. The SMILES string of the molecule is COCC(O)Cn1c(Cc2ccc(OC)cc2)nc2ccccc21. The molecule has 0 radical (unpaired) electrons. The first kappa shape index (κ1) is 16.5. The van der Waals surface area contributed by atoms with Gasteiger partial charge in [-0.25, -0.2) is 4.98 Å². The van der Waals surface area contributed by atoms with Crippen molar-refractivity contribution in [2.75, 3.05) is 20.8 Å². The van der Waals surface area contributed by atoms with Crippen LogP contribution in [0, 0.1) is 0 Å². The summed E-state index contributed by atoms with van der Waals surface area (Å²) in [6, 6.07) is 15.9. The van der Waals surface area contributed by atoms with Crippen LogP contribution in [0.15, 0.2) is 48.5 Å². The molecule has 0 spiro atoms. The van der Waals surface area contributed by atoms with Gasteiger partial charge in [-0.15, -0.1) is 0 Å². The normalized spacial score (nSPS) is 12.5. The third-order valence-corrected chi connectivity index (χ3v) is 4.01. The van der Waals surface area contributed by atoms with E-state index in [-0.39, 0.29) is 0 Å². The summed E-state index contributed by atoms with van der Waals surface area (Å²) in [6.45, 7) is 0.758. The molecule has 126 valence electrons. The van der Waals surface area contributed by atoms with Crippen molar-refractivity contribution in [2.24, 2.45) is 0 Å². The molecule has 5 heteroatoms. The number of aromatic nitrogens is 2. The van der Waals surface area contributed by atoms with E-state index in [1.807, 2.05) is 48.5 Å². The molecule has 0 saturated carbocycles.